The number of nitrogens with one attached hydrogen (secondary N) is 4. The Hall–Kier alpha value is -2.77. The smallest absolute Gasteiger partial charge is 0.127 e. The average molecular weight is 526 g/mol. The number of phenols is 1. The summed E-state index contributed by atoms with van der Waals surface area (Å²) in [4.78, 5) is 37.4. The Bertz CT molecular complexity index is 853. The molecule has 1 fully saturated rings. The number of benzene rings is 1. The van der Waals surface area contributed by atoms with Gasteiger partial charge in [-0.15, -0.1) is 0 Å². The molecule has 1 aliphatic heterocycles. The highest BCUT2D eigenvalue weighted by Crippen LogP contribution is 2.18. The third-order valence-electron chi connectivity index (χ3n) is 7.05. The minimum absolute atomic E-state index is 0.177. The molecule has 0 spiro atoms. The van der Waals surface area contributed by atoms with Gasteiger partial charge < -0.3 is 59.7 Å². The Morgan fingerprint density at radius 1 is 0.784 bits per heavy atom. The van der Waals surface area contributed by atoms with E-state index in [9.17, 15) is 34.8 Å². The van der Waals surface area contributed by atoms with Crippen LogP contribution in [0, 0.1) is 0 Å². The molecule has 12 nitrogen and oxygen atoms in total. The van der Waals surface area contributed by atoms with E-state index in [1.165, 1.54) is 0 Å². The fraction of sp³-hybridized carbons (Fsp3) is 0.640. The molecule has 0 bridgehead atoms. The fourth-order valence-electron chi connectivity index (χ4n) is 4.95. The molecule has 2 rings (SSSR count). The van der Waals surface area contributed by atoms with Crippen molar-refractivity contribution < 1.29 is 59.7 Å². The van der Waals surface area contributed by atoms with Gasteiger partial charge in [0, 0.05) is 12.0 Å². The largest absolute Gasteiger partial charge is 0.544 e. The summed E-state index contributed by atoms with van der Waals surface area (Å²) in [5.74, 6) is -3.31. The van der Waals surface area contributed by atoms with Crippen LogP contribution < -0.4 is 40.2 Å². The van der Waals surface area contributed by atoms with Crippen molar-refractivity contribution >= 4 is 17.9 Å². The second-order valence-corrected chi connectivity index (χ2v) is 10.1. The van der Waals surface area contributed by atoms with Crippen molar-refractivity contribution in [3.05, 3.63) is 29.3 Å². The predicted molar refractivity (Wildman–Crippen MR) is 125 cm³/mol. The summed E-state index contributed by atoms with van der Waals surface area (Å²) in [6.45, 7) is 4.93. The summed E-state index contributed by atoms with van der Waals surface area (Å²) in [6, 6.07) is 5.66. The van der Waals surface area contributed by atoms with Gasteiger partial charge in [0.15, 0.2) is 0 Å². The summed E-state index contributed by atoms with van der Waals surface area (Å²) < 4.78 is 0. The highest BCUT2D eigenvalue weighted by Gasteiger charge is 2.24. The number of hydrogen-bond donors (Lipinski definition) is 6. The lowest BCUT2D eigenvalue weighted by atomic mass is 10.0. The molecule has 208 valence electrons. The minimum Gasteiger partial charge on any atom is -0.544 e. The van der Waals surface area contributed by atoms with Crippen molar-refractivity contribution in [1.82, 2.24) is 0 Å². The van der Waals surface area contributed by atoms with Crippen LogP contribution in [0.3, 0.4) is 0 Å². The van der Waals surface area contributed by atoms with Gasteiger partial charge in [-0.1, -0.05) is 6.07 Å². The lowest BCUT2D eigenvalue weighted by Crippen LogP contribution is -3.28. The number of aryl methyl sites for hydroxylation is 1. The molecule has 2 atom stereocenters. The molecular weight excluding hydrogens is 482 g/mol. The lowest BCUT2D eigenvalue weighted by molar-refractivity contribution is -1.01. The number of carboxylic acid groups (broad SMARTS) is 3. The van der Waals surface area contributed by atoms with E-state index in [4.69, 9.17) is 0 Å². The summed E-state index contributed by atoms with van der Waals surface area (Å²) in [6.07, 6.45) is 1.93. The van der Waals surface area contributed by atoms with E-state index >= 15 is 0 Å². The fourth-order valence-corrected chi connectivity index (χ4v) is 4.95. The van der Waals surface area contributed by atoms with E-state index < -0.39 is 17.9 Å². The van der Waals surface area contributed by atoms with Crippen molar-refractivity contribution in [3.8, 4) is 5.75 Å². The monoisotopic (exact) mass is 525 g/mol. The van der Waals surface area contributed by atoms with Crippen LogP contribution in [0.25, 0.3) is 0 Å². The minimum atomic E-state index is -1.20. The van der Waals surface area contributed by atoms with Gasteiger partial charge in [0.05, 0.1) is 31.5 Å². The first-order valence-corrected chi connectivity index (χ1v) is 13.2. The zero-order valence-corrected chi connectivity index (χ0v) is 21.8. The van der Waals surface area contributed by atoms with Crippen LogP contribution in [0.4, 0.5) is 0 Å². The molecule has 1 aromatic rings. The Balaban J connectivity index is 2.20. The van der Waals surface area contributed by atoms with Gasteiger partial charge in [-0.05, 0) is 24.1 Å². The zero-order valence-electron chi connectivity index (χ0n) is 21.8. The highest BCUT2D eigenvalue weighted by molar-refractivity contribution is 5.65. The molecule has 0 radical (unpaired) electrons. The number of aliphatic carboxylic acids is 3. The van der Waals surface area contributed by atoms with Crippen LogP contribution in [-0.2, 0) is 27.3 Å². The first kappa shape index (κ1) is 30.5. The van der Waals surface area contributed by atoms with Gasteiger partial charge >= 0.3 is 0 Å². The maximum atomic E-state index is 11.4. The molecule has 1 aromatic carbocycles. The molecule has 0 saturated carbocycles. The second-order valence-electron chi connectivity index (χ2n) is 10.1. The molecule has 37 heavy (non-hydrogen) atoms. The maximum absolute atomic E-state index is 11.4. The van der Waals surface area contributed by atoms with Crippen LogP contribution >= 0.6 is 0 Å². The second kappa shape index (κ2) is 16.2. The van der Waals surface area contributed by atoms with Crippen LogP contribution in [0.2, 0.25) is 0 Å². The topological polar surface area (TPSA) is 175 Å². The van der Waals surface area contributed by atoms with Crippen LogP contribution in [-0.4, -0.2) is 109 Å². The van der Waals surface area contributed by atoms with Crippen molar-refractivity contribution in [2.75, 3.05) is 85.6 Å². The number of carbonyl (C=O) groups excluding carboxylic acids is 3. The molecule has 12 heteroatoms. The molecule has 0 aliphatic carbocycles. The molecule has 1 aliphatic rings. The SMILES string of the molecule is C[NH2+]CCCc1ccc(O)c(C[NH+]2CC[NH+](CC(=O)[O-])CC[NH+](CC(=O)[O-])CC[NH+](CC(=O)[O-])CC2)c1. The number of rotatable bonds is 12. The first-order chi connectivity index (χ1) is 17.7. The van der Waals surface area contributed by atoms with Gasteiger partial charge in [-0.25, -0.2) is 0 Å². The summed E-state index contributed by atoms with van der Waals surface area (Å²) in [7, 11) is 2.03. The number of phenolic OH excluding ortho intramolecular Hbond substituents is 1. The van der Waals surface area contributed by atoms with Crippen LogP contribution in [0.1, 0.15) is 17.5 Å². The number of quaternary nitrogens is 5. The van der Waals surface area contributed by atoms with Crippen molar-refractivity contribution in [3.63, 3.8) is 0 Å². The summed E-state index contributed by atoms with van der Waals surface area (Å²) in [5, 5.41) is 46.6. The van der Waals surface area contributed by atoms with Gasteiger partial charge in [-0.3, -0.25) is 0 Å². The number of carbonyl (C=O) groups is 3. The van der Waals surface area contributed by atoms with E-state index in [0.717, 1.165) is 50.1 Å². The average Bonchev–Trinajstić information content (AvgIpc) is 2.81. The molecule has 0 amide bonds. The summed E-state index contributed by atoms with van der Waals surface area (Å²) >= 11 is 0. The van der Waals surface area contributed by atoms with Crippen LogP contribution in [0.15, 0.2) is 18.2 Å². The van der Waals surface area contributed by atoms with E-state index in [1.807, 2.05) is 19.2 Å². The lowest BCUT2D eigenvalue weighted by Gasteiger charge is -2.29. The number of aromatic hydroxyl groups is 1. The van der Waals surface area contributed by atoms with Crippen molar-refractivity contribution in [2.45, 2.75) is 19.4 Å². The molecule has 7 N–H and O–H groups in total. The summed E-state index contributed by atoms with van der Waals surface area (Å²) in [5.41, 5.74) is 1.96. The van der Waals surface area contributed by atoms with E-state index in [-0.39, 0.29) is 25.4 Å². The third kappa shape index (κ3) is 12.3. The van der Waals surface area contributed by atoms with Crippen LogP contribution in [0.5, 0.6) is 5.75 Å². The van der Waals surface area contributed by atoms with E-state index in [1.54, 1.807) is 6.07 Å². The molecular formula is C25H43N5O7+2. The van der Waals surface area contributed by atoms with Crippen molar-refractivity contribution in [1.29, 1.82) is 0 Å². The van der Waals surface area contributed by atoms with Crippen molar-refractivity contribution in [2.24, 2.45) is 0 Å². The Labute approximate surface area is 218 Å². The Kier molecular flexibility index (Phi) is 13.3. The maximum Gasteiger partial charge on any atom is 0.127 e. The molecule has 2 unspecified atom stereocenters. The van der Waals surface area contributed by atoms with E-state index in [2.05, 4.69) is 5.32 Å². The van der Waals surface area contributed by atoms with Gasteiger partial charge in [0.1, 0.15) is 84.3 Å². The highest BCUT2D eigenvalue weighted by atomic mass is 16.4. The number of nitrogens with two attached hydrogens (primary N) is 1. The predicted octanol–water partition coefficient (Wildman–Crippen LogP) is -11.2. The van der Waals surface area contributed by atoms with Gasteiger partial charge in [0.25, 0.3) is 0 Å². The Morgan fingerprint density at radius 3 is 1.62 bits per heavy atom. The van der Waals surface area contributed by atoms with Gasteiger partial charge in [0.2, 0.25) is 0 Å². The van der Waals surface area contributed by atoms with E-state index in [0.29, 0.717) is 58.9 Å². The first-order valence-electron chi connectivity index (χ1n) is 13.2. The third-order valence-corrected chi connectivity index (χ3v) is 7.05. The number of hydrogen-bond acceptors (Lipinski definition) is 7. The molecule has 0 aromatic heterocycles. The quantitative estimate of drug-likeness (QED) is 0.147. The normalized spacial score (nSPS) is 23.5. The Morgan fingerprint density at radius 2 is 1.22 bits per heavy atom. The standard InChI is InChI=1S/C25H41N5O7/c1-26-6-2-3-20-4-5-22(31)21(15-20)16-27-7-9-28(17-23(32)33)11-13-30(19-25(36)37)14-12-29(10-8-27)18-24(34)35/h4-5,15,26,31H,2-3,6-14,16-19H2,1H3,(H,32,33)(H,34,35)(H,36,37)/p+2. The zero-order chi connectivity index (χ0) is 27.2. The molecule has 1 saturated heterocycles. The molecule has 1 heterocycles. The number of carboxylic acids is 3. The van der Waals surface area contributed by atoms with Gasteiger partial charge in [-0.2, -0.15) is 0 Å².